The summed E-state index contributed by atoms with van der Waals surface area (Å²) in [6.07, 6.45) is 4.59. The lowest BCUT2D eigenvalue weighted by molar-refractivity contribution is -0.0700. The molecule has 120 valence electrons. The van der Waals surface area contributed by atoms with Crippen molar-refractivity contribution in [1.29, 1.82) is 0 Å². The summed E-state index contributed by atoms with van der Waals surface area (Å²) in [5.74, 6) is 0.122. The van der Waals surface area contributed by atoms with E-state index in [2.05, 4.69) is 16.8 Å². The van der Waals surface area contributed by atoms with Crippen LogP contribution in [0.15, 0.2) is 0 Å². The summed E-state index contributed by atoms with van der Waals surface area (Å²) in [6.45, 7) is 6.29. The van der Waals surface area contributed by atoms with Gasteiger partial charge in [0, 0.05) is 30.6 Å². The summed E-state index contributed by atoms with van der Waals surface area (Å²) in [6, 6.07) is 0.805. The van der Waals surface area contributed by atoms with E-state index in [1.54, 1.807) is 11.3 Å². The van der Waals surface area contributed by atoms with E-state index in [0.29, 0.717) is 17.1 Å². The summed E-state index contributed by atoms with van der Waals surface area (Å²) < 4.78 is 5.66. The topological polar surface area (TPSA) is 45.7 Å². The van der Waals surface area contributed by atoms with Gasteiger partial charge in [-0.05, 0) is 32.6 Å². The number of piperazine rings is 1. The van der Waals surface area contributed by atoms with Crippen LogP contribution in [0.1, 0.15) is 40.1 Å². The molecule has 0 N–H and O–H groups in total. The minimum atomic E-state index is 0.122. The molecule has 2 aliphatic heterocycles. The number of hydrogen-bond donors (Lipinski definition) is 0. The number of amides is 1. The highest BCUT2D eigenvalue weighted by Gasteiger charge is 2.36. The van der Waals surface area contributed by atoms with Crippen LogP contribution in [-0.2, 0) is 17.6 Å². The fourth-order valence-corrected chi connectivity index (χ4v) is 4.95. The number of ether oxygens (including phenoxy) is 1. The summed E-state index contributed by atoms with van der Waals surface area (Å²) in [5, 5.41) is 0.699. The molecule has 0 bridgehead atoms. The third-order valence-corrected chi connectivity index (χ3v) is 6.22. The van der Waals surface area contributed by atoms with E-state index in [4.69, 9.17) is 4.74 Å². The van der Waals surface area contributed by atoms with E-state index in [-0.39, 0.29) is 5.91 Å². The number of thiazole rings is 1. The number of carbonyl (C=O) groups excluding carboxylic acids is 1. The van der Waals surface area contributed by atoms with Crippen LogP contribution in [0.2, 0.25) is 0 Å². The Hall–Kier alpha value is -0.980. The lowest BCUT2D eigenvalue weighted by Crippen LogP contribution is -2.62. The molecule has 2 saturated heterocycles. The zero-order chi connectivity index (χ0) is 15.1. The summed E-state index contributed by atoms with van der Waals surface area (Å²) >= 11 is 1.62. The molecule has 2 atom stereocenters. The van der Waals surface area contributed by atoms with Gasteiger partial charge in [-0.2, -0.15) is 0 Å². The highest BCUT2D eigenvalue weighted by Crippen LogP contribution is 2.28. The van der Waals surface area contributed by atoms with Gasteiger partial charge in [-0.3, -0.25) is 9.69 Å². The van der Waals surface area contributed by atoms with E-state index < -0.39 is 0 Å². The maximum absolute atomic E-state index is 12.8. The van der Waals surface area contributed by atoms with Crippen LogP contribution in [0.5, 0.6) is 0 Å². The van der Waals surface area contributed by atoms with E-state index in [9.17, 15) is 4.79 Å². The lowest BCUT2D eigenvalue weighted by Gasteiger charge is -2.46. The van der Waals surface area contributed by atoms with Crippen molar-refractivity contribution >= 4 is 17.2 Å². The zero-order valence-electron chi connectivity index (χ0n) is 13.1. The molecule has 0 spiro atoms. The first-order valence-corrected chi connectivity index (χ1v) is 9.15. The molecule has 1 aromatic heterocycles. The summed E-state index contributed by atoms with van der Waals surface area (Å²) in [5.41, 5.74) is 1.17. The molecular weight excluding hydrogens is 298 g/mol. The molecule has 5 nitrogen and oxygen atoms in total. The molecule has 3 heterocycles. The van der Waals surface area contributed by atoms with Crippen LogP contribution in [0.3, 0.4) is 0 Å². The minimum Gasteiger partial charge on any atom is -0.378 e. The smallest absolute Gasteiger partial charge is 0.282 e. The Bertz CT molecular complexity index is 550. The van der Waals surface area contributed by atoms with Gasteiger partial charge < -0.3 is 9.64 Å². The standard InChI is InChI=1S/C16H23N3O2S/c1-11-9-21-10-12-8-18(6-7-19(11)12)16(20)15-17-13-4-2-3-5-14(13)22-15/h11-12H,2-10H2,1H3/t11-,12+/m0/s1. The maximum Gasteiger partial charge on any atom is 0.282 e. The molecule has 0 aromatic carbocycles. The second-order valence-electron chi connectivity index (χ2n) is 6.63. The lowest BCUT2D eigenvalue weighted by atomic mass is 10.0. The zero-order valence-corrected chi connectivity index (χ0v) is 13.9. The van der Waals surface area contributed by atoms with Crippen LogP contribution >= 0.6 is 11.3 Å². The normalized spacial score (nSPS) is 29.0. The second-order valence-corrected chi connectivity index (χ2v) is 7.71. The van der Waals surface area contributed by atoms with Gasteiger partial charge in [0.2, 0.25) is 0 Å². The number of aryl methyl sites for hydroxylation is 2. The predicted molar refractivity (Wildman–Crippen MR) is 85.4 cm³/mol. The average Bonchev–Trinajstić information content (AvgIpc) is 2.98. The van der Waals surface area contributed by atoms with Gasteiger partial charge in [0.15, 0.2) is 5.01 Å². The van der Waals surface area contributed by atoms with Crippen molar-refractivity contribution in [2.75, 3.05) is 32.8 Å². The molecular formula is C16H23N3O2S. The monoisotopic (exact) mass is 321 g/mol. The number of aromatic nitrogens is 1. The predicted octanol–water partition coefficient (Wildman–Crippen LogP) is 1.57. The number of carbonyl (C=O) groups is 1. The number of fused-ring (bicyclic) bond motifs is 2. The van der Waals surface area contributed by atoms with Crippen molar-refractivity contribution < 1.29 is 9.53 Å². The third kappa shape index (κ3) is 2.57. The molecule has 3 aliphatic rings. The van der Waals surface area contributed by atoms with E-state index >= 15 is 0 Å². The van der Waals surface area contributed by atoms with Gasteiger partial charge >= 0.3 is 0 Å². The van der Waals surface area contributed by atoms with Crippen LogP contribution in [0, 0.1) is 0 Å². The fourth-order valence-electron chi connectivity index (χ4n) is 3.83. The van der Waals surface area contributed by atoms with Crippen LogP contribution in [0.25, 0.3) is 0 Å². The first-order valence-electron chi connectivity index (χ1n) is 8.33. The van der Waals surface area contributed by atoms with Crippen LogP contribution < -0.4 is 0 Å². The summed E-state index contributed by atoms with van der Waals surface area (Å²) in [4.78, 5) is 23.2. The quantitative estimate of drug-likeness (QED) is 0.788. The Labute approximate surface area is 135 Å². The number of morpholine rings is 1. The second kappa shape index (κ2) is 5.91. The Morgan fingerprint density at radius 2 is 2.14 bits per heavy atom. The fraction of sp³-hybridized carbons (Fsp3) is 0.750. The molecule has 2 fully saturated rings. The van der Waals surface area contributed by atoms with Crippen LogP contribution in [-0.4, -0.2) is 65.6 Å². The van der Waals surface area contributed by atoms with Gasteiger partial charge in [-0.25, -0.2) is 4.98 Å². The number of rotatable bonds is 1. The Morgan fingerprint density at radius 3 is 3.00 bits per heavy atom. The first kappa shape index (κ1) is 14.6. The largest absolute Gasteiger partial charge is 0.378 e. The van der Waals surface area contributed by atoms with Gasteiger partial charge in [0.05, 0.1) is 24.9 Å². The van der Waals surface area contributed by atoms with Gasteiger partial charge in [-0.1, -0.05) is 0 Å². The number of nitrogens with zero attached hydrogens (tertiary/aromatic N) is 3. The molecule has 0 radical (unpaired) electrons. The molecule has 1 amide bonds. The van der Waals surface area contributed by atoms with Gasteiger partial charge in [0.25, 0.3) is 5.91 Å². The Kier molecular flexibility index (Phi) is 3.92. The van der Waals surface area contributed by atoms with Crippen molar-refractivity contribution in [2.45, 2.75) is 44.7 Å². The Balaban J connectivity index is 1.48. The minimum absolute atomic E-state index is 0.122. The first-order chi connectivity index (χ1) is 10.7. The summed E-state index contributed by atoms with van der Waals surface area (Å²) in [7, 11) is 0. The van der Waals surface area contributed by atoms with Crippen molar-refractivity contribution in [2.24, 2.45) is 0 Å². The molecule has 0 unspecified atom stereocenters. The average molecular weight is 321 g/mol. The SMILES string of the molecule is C[C@H]1COC[C@H]2CN(C(=O)c3nc4c(s3)CCCC4)CCN21. The van der Waals surface area contributed by atoms with Gasteiger partial charge in [0.1, 0.15) is 0 Å². The number of hydrogen-bond acceptors (Lipinski definition) is 5. The highest BCUT2D eigenvalue weighted by molar-refractivity contribution is 7.13. The van der Waals surface area contributed by atoms with Gasteiger partial charge in [-0.15, -0.1) is 11.3 Å². The van der Waals surface area contributed by atoms with Crippen molar-refractivity contribution in [3.05, 3.63) is 15.6 Å². The van der Waals surface area contributed by atoms with Crippen molar-refractivity contribution in [3.8, 4) is 0 Å². The molecule has 1 aromatic rings. The van der Waals surface area contributed by atoms with E-state index in [1.807, 2.05) is 4.90 Å². The molecule has 22 heavy (non-hydrogen) atoms. The molecule has 6 heteroatoms. The molecule has 4 rings (SSSR count). The molecule has 1 aliphatic carbocycles. The maximum atomic E-state index is 12.8. The van der Waals surface area contributed by atoms with Crippen molar-refractivity contribution in [1.82, 2.24) is 14.8 Å². The van der Waals surface area contributed by atoms with Crippen LogP contribution in [0.4, 0.5) is 0 Å². The third-order valence-electron chi connectivity index (χ3n) is 5.08. The highest BCUT2D eigenvalue weighted by atomic mass is 32.1. The van der Waals surface area contributed by atoms with Crippen molar-refractivity contribution in [3.63, 3.8) is 0 Å². The van der Waals surface area contributed by atoms with E-state index in [1.165, 1.54) is 23.4 Å². The molecule has 0 saturated carbocycles. The van der Waals surface area contributed by atoms with E-state index in [0.717, 1.165) is 45.7 Å². The Morgan fingerprint density at radius 1 is 1.27 bits per heavy atom.